The maximum Gasteiger partial charge on any atom is 0.133 e. The minimum absolute atomic E-state index is 0.338. The molecule has 0 saturated heterocycles. The lowest BCUT2D eigenvalue weighted by Gasteiger charge is -2.11. The summed E-state index contributed by atoms with van der Waals surface area (Å²) in [4.78, 5) is 0. The monoisotopic (exact) mass is 249 g/mol. The highest BCUT2D eigenvalue weighted by molar-refractivity contribution is 6.33. The number of aryl methyl sites for hydroxylation is 2. The van der Waals surface area contributed by atoms with Crippen LogP contribution in [0.2, 0.25) is 5.02 Å². The minimum Gasteiger partial charge on any atom is -0.398 e. The molecule has 1 nitrogen and oxygen atoms in total. The third-order valence-corrected chi connectivity index (χ3v) is 2.99. The fourth-order valence-electron chi connectivity index (χ4n) is 1.88. The van der Waals surface area contributed by atoms with Gasteiger partial charge in [-0.15, -0.1) is 0 Å². The summed E-state index contributed by atoms with van der Waals surface area (Å²) < 4.78 is 14.0. The predicted octanol–water partition coefficient (Wildman–Crippen LogP) is 4.35. The number of anilines is 1. The zero-order valence-corrected chi connectivity index (χ0v) is 10.5. The second kappa shape index (κ2) is 4.38. The van der Waals surface area contributed by atoms with Crippen LogP contribution in [-0.4, -0.2) is 0 Å². The van der Waals surface area contributed by atoms with Crippen molar-refractivity contribution in [3.8, 4) is 11.1 Å². The van der Waals surface area contributed by atoms with Crippen molar-refractivity contribution in [2.24, 2.45) is 0 Å². The van der Waals surface area contributed by atoms with Gasteiger partial charge in [0.15, 0.2) is 0 Å². The molecule has 17 heavy (non-hydrogen) atoms. The summed E-state index contributed by atoms with van der Waals surface area (Å²) >= 11 is 6.09. The number of nitrogen functional groups attached to an aromatic ring is 1. The van der Waals surface area contributed by atoms with Crippen molar-refractivity contribution < 1.29 is 4.39 Å². The molecular weight excluding hydrogens is 237 g/mol. The summed E-state index contributed by atoms with van der Waals surface area (Å²) in [6.07, 6.45) is 0. The maximum atomic E-state index is 14.0. The topological polar surface area (TPSA) is 26.0 Å². The molecule has 0 bridgehead atoms. The molecule has 2 aromatic carbocycles. The van der Waals surface area contributed by atoms with E-state index in [9.17, 15) is 4.39 Å². The fourth-order valence-corrected chi connectivity index (χ4v) is 2.10. The fraction of sp³-hybridized carbons (Fsp3) is 0.143. The largest absolute Gasteiger partial charge is 0.398 e. The summed E-state index contributed by atoms with van der Waals surface area (Å²) in [6.45, 7) is 3.74. The van der Waals surface area contributed by atoms with E-state index in [1.165, 1.54) is 6.07 Å². The van der Waals surface area contributed by atoms with E-state index in [1.807, 2.05) is 19.1 Å². The van der Waals surface area contributed by atoms with Crippen molar-refractivity contribution in [3.63, 3.8) is 0 Å². The lowest BCUT2D eigenvalue weighted by molar-refractivity contribution is 0.631. The van der Waals surface area contributed by atoms with Crippen molar-refractivity contribution in [2.75, 3.05) is 5.73 Å². The summed E-state index contributed by atoms with van der Waals surface area (Å²) in [5.74, 6) is -0.338. The molecule has 2 N–H and O–H groups in total. The van der Waals surface area contributed by atoms with Gasteiger partial charge in [0.05, 0.1) is 0 Å². The van der Waals surface area contributed by atoms with E-state index in [0.717, 1.165) is 11.1 Å². The molecule has 0 aliphatic carbocycles. The Labute approximate surface area is 105 Å². The molecule has 88 valence electrons. The number of nitrogens with two attached hydrogens (primary N) is 1. The quantitative estimate of drug-likeness (QED) is 0.748. The Bertz CT molecular complexity index is 555. The van der Waals surface area contributed by atoms with Gasteiger partial charge in [0.2, 0.25) is 0 Å². The van der Waals surface area contributed by atoms with Crippen LogP contribution in [-0.2, 0) is 0 Å². The lowest BCUT2D eigenvalue weighted by Crippen LogP contribution is -1.96. The molecule has 0 amide bonds. The Morgan fingerprint density at radius 1 is 1.06 bits per heavy atom. The Hall–Kier alpha value is -1.54. The first-order valence-corrected chi connectivity index (χ1v) is 5.69. The van der Waals surface area contributed by atoms with Gasteiger partial charge in [0.1, 0.15) is 5.82 Å². The van der Waals surface area contributed by atoms with Crippen molar-refractivity contribution in [2.45, 2.75) is 13.8 Å². The average Bonchev–Trinajstić information content (AvgIpc) is 2.21. The second-order valence-corrected chi connectivity index (χ2v) is 4.60. The highest BCUT2D eigenvalue weighted by Crippen LogP contribution is 2.35. The average molecular weight is 250 g/mol. The van der Waals surface area contributed by atoms with Gasteiger partial charge in [0.25, 0.3) is 0 Å². The molecule has 0 unspecified atom stereocenters. The molecule has 3 heteroatoms. The number of rotatable bonds is 1. The van der Waals surface area contributed by atoms with Crippen molar-refractivity contribution >= 4 is 17.3 Å². The molecule has 2 aromatic rings. The van der Waals surface area contributed by atoms with Crippen LogP contribution in [0.4, 0.5) is 10.1 Å². The van der Waals surface area contributed by atoms with Crippen LogP contribution in [0, 0.1) is 19.7 Å². The van der Waals surface area contributed by atoms with Crippen LogP contribution >= 0.6 is 11.6 Å². The van der Waals surface area contributed by atoms with Crippen molar-refractivity contribution in [3.05, 3.63) is 52.3 Å². The van der Waals surface area contributed by atoms with Gasteiger partial charge in [-0.1, -0.05) is 23.2 Å². The van der Waals surface area contributed by atoms with Crippen LogP contribution in [0.5, 0.6) is 0 Å². The zero-order chi connectivity index (χ0) is 12.6. The normalized spacial score (nSPS) is 10.6. The standard InChI is InChI=1S/C14H13ClFN/c1-8-3-4-11(15)10(5-8)14-12(16)6-9(2)7-13(14)17/h3-7H,17H2,1-2H3. The van der Waals surface area contributed by atoms with Gasteiger partial charge >= 0.3 is 0 Å². The highest BCUT2D eigenvalue weighted by atomic mass is 35.5. The molecule has 0 aromatic heterocycles. The van der Waals surface area contributed by atoms with Crippen LogP contribution in [0.15, 0.2) is 30.3 Å². The summed E-state index contributed by atoms with van der Waals surface area (Å²) in [5.41, 5.74) is 9.12. The number of hydrogen-bond acceptors (Lipinski definition) is 1. The van der Waals surface area contributed by atoms with Gasteiger partial charge in [0, 0.05) is 21.8 Å². The molecule has 0 heterocycles. The van der Waals surface area contributed by atoms with Crippen LogP contribution in [0.1, 0.15) is 11.1 Å². The summed E-state index contributed by atoms with van der Waals surface area (Å²) in [6, 6.07) is 8.69. The number of halogens is 2. The van der Waals surface area contributed by atoms with E-state index in [-0.39, 0.29) is 5.82 Å². The molecular formula is C14H13ClFN. The molecule has 0 radical (unpaired) electrons. The maximum absolute atomic E-state index is 14.0. The highest BCUT2D eigenvalue weighted by Gasteiger charge is 2.13. The molecule has 0 spiro atoms. The Kier molecular flexibility index (Phi) is 3.07. The van der Waals surface area contributed by atoms with E-state index < -0.39 is 0 Å². The van der Waals surface area contributed by atoms with E-state index >= 15 is 0 Å². The van der Waals surface area contributed by atoms with Gasteiger partial charge in [-0.2, -0.15) is 0 Å². The smallest absolute Gasteiger partial charge is 0.133 e. The lowest BCUT2D eigenvalue weighted by atomic mass is 9.99. The zero-order valence-electron chi connectivity index (χ0n) is 9.72. The van der Waals surface area contributed by atoms with Gasteiger partial charge in [-0.25, -0.2) is 4.39 Å². The first-order valence-electron chi connectivity index (χ1n) is 5.31. The Morgan fingerprint density at radius 3 is 2.41 bits per heavy atom. The van der Waals surface area contributed by atoms with Crippen LogP contribution in [0.25, 0.3) is 11.1 Å². The summed E-state index contributed by atoms with van der Waals surface area (Å²) in [5, 5.41) is 0.505. The molecule has 0 atom stereocenters. The molecule has 0 aliphatic heterocycles. The van der Waals surface area contributed by atoms with Crippen molar-refractivity contribution in [1.82, 2.24) is 0 Å². The first-order chi connectivity index (χ1) is 7.99. The van der Waals surface area contributed by atoms with E-state index in [4.69, 9.17) is 17.3 Å². The Morgan fingerprint density at radius 2 is 1.76 bits per heavy atom. The van der Waals surface area contributed by atoms with Gasteiger partial charge < -0.3 is 5.73 Å². The first kappa shape index (κ1) is 11.9. The Balaban J connectivity index is 2.72. The van der Waals surface area contributed by atoms with Crippen LogP contribution in [0.3, 0.4) is 0 Å². The van der Waals surface area contributed by atoms with Crippen LogP contribution < -0.4 is 5.73 Å². The molecule has 0 aliphatic rings. The third-order valence-electron chi connectivity index (χ3n) is 2.66. The van der Waals surface area contributed by atoms with Gasteiger partial charge in [-0.05, 0) is 43.7 Å². The van der Waals surface area contributed by atoms with E-state index in [2.05, 4.69) is 0 Å². The molecule has 0 fully saturated rings. The second-order valence-electron chi connectivity index (χ2n) is 4.19. The van der Waals surface area contributed by atoms with Gasteiger partial charge in [-0.3, -0.25) is 0 Å². The molecule has 2 rings (SSSR count). The van der Waals surface area contributed by atoms with E-state index in [1.54, 1.807) is 19.1 Å². The SMILES string of the molecule is Cc1cc(N)c(-c2cc(C)ccc2Cl)c(F)c1. The summed E-state index contributed by atoms with van der Waals surface area (Å²) in [7, 11) is 0. The molecule has 0 saturated carbocycles. The van der Waals surface area contributed by atoms with Crippen molar-refractivity contribution in [1.29, 1.82) is 0 Å². The minimum atomic E-state index is -0.338. The number of hydrogen-bond donors (Lipinski definition) is 1. The number of benzene rings is 2. The van der Waals surface area contributed by atoms with E-state index in [0.29, 0.717) is 21.8 Å². The third kappa shape index (κ3) is 2.27. The predicted molar refractivity (Wildman–Crippen MR) is 70.7 cm³/mol.